The lowest BCUT2D eigenvalue weighted by molar-refractivity contribution is -0.385. The summed E-state index contributed by atoms with van der Waals surface area (Å²) in [6.07, 6.45) is -2.61. The lowest BCUT2D eigenvalue weighted by Gasteiger charge is -2.04. The zero-order valence-electron chi connectivity index (χ0n) is 7.18. The van der Waals surface area contributed by atoms with E-state index < -0.39 is 34.1 Å². The number of carbonyl (C=O) groups is 1. The van der Waals surface area contributed by atoms with Crippen LogP contribution in [0.5, 0.6) is 0 Å². The monoisotopic (exact) mass is 217 g/mol. The Kier molecular flexibility index (Phi) is 2.93. The van der Waals surface area contributed by atoms with E-state index in [-0.39, 0.29) is 0 Å². The van der Waals surface area contributed by atoms with Crippen molar-refractivity contribution in [1.82, 2.24) is 0 Å². The highest BCUT2D eigenvalue weighted by Crippen LogP contribution is 2.25. The maximum atomic E-state index is 12.9. The molecule has 0 spiro atoms. The van der Waals surface area contributed by atoms with Gasteiger partial charge >= 0.3 is 5.97 Å². The number of nitro groups is 1. The Morgan fingerprint density at radius 2 is 2.13 bits per heavy atom. The minimum absolute atomic E-state index is 0.560. The van der Waals surface area contributed by atoms with Crippen LogP contribution >= 0.6 is 0 Å². The van der Waals surface area contributed by atoms with Crippen LogP contribution < -0.4 is 0 Å². The molecule has 0 amide bonds. The third-order valence-electron chi connectivity index (χ3n) is 1.68. The fourth-order valence-corrected chi connectivity index (χ4v) is 0.972. The number of carboxylic acids is 1. The van der Waals surface area contributed by atoms with Crippen LogP contribution in [-0.2, 0) is 4.79 Å². The van der Waals surface area contributed by atoms with Crippen molar-refractivity contribution in [3.05, 3.63) is 39.7 Å². The van der Waals surface area contributed by atoms with Gasteiger partial charge in [0.15, 0.2) is 0 Å². The number of nitro benzene ring substituents is 1. The standard InChI is InChI=1S/C8H5F2NO4/c9-6-2-1-4(11(14)15)3-5(6)7(10)8(12)13/h1-3,7H,(H,12,13). The van der Waals surface area contributed by atoms with Crippen molar-refractivity contribution in [2.45, 2.75) is 6.17 Å². The van der Waals surface area contributed by atoms with Gasteiger partial charge in [0.2, 0.25) is 6.17 Å². The predicted molar refractivity (Wildman–Crippen MR) is 44.5 cm³/mol. The van der Waals surface area contributed by atoms with Crippen molar-refractivity contribution in [3.63, 3.8) is 0 Å². The molecule has 1 rings (SSSR count). The summed E-state index contributed by atoms with van der Waals surface area (Å²) in [5.41, 5.74) is -1.41. The second-order valence-electron chi connectivity index (χ2n) is 2.66. The quantitative estimate of drug-likeness (QED) is 0.618. The zero-order chi connectivity index (χ0) is 11.6. The first kappa shape index (κ1) is 11.0. The van der Waals surface area contributed by atoms with E-state index in [4.69, 9.17) is 5.11 Å². The maximum Gasteiger partial charge on any atom is 0.343 e. The molecule has 80 valence electrons. The fourth-order valence-electron chi connectivity index (χ4n) is 0.972. The number of aliphatic carboxylic acids is 1. The highest BCUT2D eigenvalue weighted by molar-refractivity contribution is 5.74. The second-order valence-corrected chi connectivity index (χ2v) is 2.66. The molecule has 0 saturated carbocycles. The fraction of sp³-hybridized carbons (Fsp3) is 0.125. The summed E-state index contributed by atoms with van der Waals surface area (Å²) in [6.45, 7) is 0. The molecular weight excluding hydrogens is 212 g/mol. The number of hydrogen-bond acceptors (Lipinski definition) is 3. The number of benzene rings is 1. The van der Waals surface area contributed by atoms with Crippen LogP contribution in [0.25, 0.3) is 0 Å². The average molecular weight is 217 g/mol. The van der Waals surface area contributed by atoms with Gasteiger partial charge in [-0.1, -0.05) is 0 Å². The number of carboxylic acid groups (broad SMARTS) is 1. The van der Waals surface area contributed by atoms with Crippen molar-refractivity contribution >= 4 is 11.7 Å². The van der Waals surface area contributed by atoms with Crippen LogP contribution in [0.15, 0.2) is 18.2 Å². The van der Waals surface area contributed by atoms with Crippen LogP contribution in [-0.4, -0.2) is 16.0 Å². The van der Waals surface area contributed by atoms with Crippen LogP contribution in [0.4, 0.5) is 14.5 Å². The van der Waals surface area contributed by atoms with Crippen molar-refractivity contribution < 1.29 is 23.6 Å². The van der Waals surface area contributed by atoms with Gasteiger partial charge in [-0.2, -0.15) is 0 Å². The summed E-state index contributed by atoms with van der Waals surface area (Å²) in [6, 6.07) is 2.05. The topological polar surface area (TPSA) is 80.4 Å². The molecule has 1 aromatic rings. The van der Waals surface area contributed by atoms with Gasteiger partial charge in [0.05, 0.1) is 4.92 Å². The molecule has 0 bridgehead atoms. The minimum Gasteiger partial charge on any atom is -0.479 e. The molecule has 0 aliphatic rings. The molecule has 0 saturated heterocycles. The van der Waals surface area contributed by atoms with E-state index in [1.165, 1.54) is 0 Å². The van der Waals surface area contributed by atoms with Crippen LogP contribution in [0, 0.1) is 15.9 Å². The Morgan fingerprint density at radius 3 is 2.60 bits per heavy atom. The van der Waals surface area contributed by atoms with Gasteiger partial charge in [-0.3, -0.25) is 10.1 Å². The normalized spacial score (nSPS) is 12.1. The third-order valence-corrected chi connectivity index (χ3v) is 1.68. The van der Waals surface area contributed by atoms with E-state index >= 15 is 0 Å². The molecule has 5 nitrogen and oxygen atoms in total. The lowest BCUT2D eigenvalue weighted by atomic mass is 10.1. The highest BCUT2D eigenvalue weighted by Gasteiger charge is 2.24. The summed E-state index contributed by atoms with van der Waals surface area (Å²) in [4.78, 5) is 19.6. The van der Waals surface area contributed by atoms with Crippen molar-refractivity contribution in [2.24, 2.45) is 0 Å². The van der Waals surface area contributed by atoms with Crippen molar-refractivity contribution in [2.75, 3.05) is 0 Å². The van der Waals surface area contributed by atoms with Gasteiger partial charge < -0.3 is 5.11 Å². The van der Waals surface area contributed by atoms with Crippen molar-refractivity contribution in [1.29, 1.82) is 0 Å². The van der Waals surface area contributed by atoms with Crippen LogP contribution in [0.1, 0.15) is 11.7 Å². The Hall–Kier alpha value is -2.05. The SMILES string of the molecule is O=C(O)C(F)c1cc([N+](=O)[O-])ccc1F. The number of rotatable bonds is 3. The van der Waals surface area contributed by atoms with Crippen molar-refractivity contribution in [3.8, 4) is 0 Å². The first-order valence-electron chi connectivity index (χ1n) is 3.74. The predicted octanol–water partition coefficient (Wildman–Crippen LogP) is 1.83. The summed E-state index contributed by atoms with van der Waals surface area (Å²) in [5.74, 6) is -3.02. The molecule has 1 N–H and O–H groups in total. The smallest absolute Gasteiger partial charge is 0.343 e. The molecular formula is C8H5F2NO4. The third kappa shape index (κ3) is 2.25. The van der Waals surface area contributed by atoms with E-state index in [1.54, 1.807) is 0 Å². The van der Waals surface area contributed by atoms with Gasteiger partial charge in [0.1, 0.15) is 5.82 Å². The zero-order valence-corrected chi connectivity index (χ0v) is 7.18. The number of non-ortho nitro benzene ring substituents is 1. The molecule has 1 aromatic carbocycles. The number of nitrogens with zero attached hydrogens (tertiary/aromatic N) is 1. The van der Waals surface area contributed by atoms with Gasteiger partial charge in [0, 0.05) is 17.7 Å². The van der Waals surface area contributed by atoms with E-state index in [2.05, 4.69) is 0 Å². The van der Waals surface area contributed by atoms with Gasteiger partial charge in [-0.15, -0.1) is 0 Å². The lowest BCUT2D eigenvalue weighted by Crippen LogP contribution is -2.08. The van der Waals surface area contributed by atoms with E-state index in [9.17, 15) is 23.7 Å². The molecule has 7 heteroatoms. The Labute approximate surface area is 82.1 Å². The van der Waals surface area contributed by atoms with Gasteiger partial charge in [-0.25, -0.2) is 13.6 Å². The Bertz CT molecular complexity index is 421. The summed E-state index contributed by atoms with van der Waals surface area (Å²) in [5, 5.41) is 18.5. The Morgan fingerprint density at radius 1 is 1.53 bits per heavy atom. The first-order chi connectivity index (χ1) is 6.93. The Balaban J connectivity index is 3.22. The molecule has 0 heterocycles. The molecule has 0 aliphatic heterocycles. The number of alkyl halides is 1. The van der Waals surface area contributed by atoms with E-state index in [0.29, 0.717) is 12.1 Å². The molecule has 1 unspecified atom stereocenters. The molecule has 0 aliphatic carbocycles. The minimum atomic E-state index is -2.61. The highest BCUT2D eigenvalue weighted by atomic mass is 19.1. The molecule has 0 fully saturated rings. The first-order valence-corrected chi connectivity index (χ1v) is 3.74. The van der Waals surface area contributed by atoms with Gasteiger partial charge in [-0.05, 0) is 6.07 Å². The molecule has 0 radical (unpaired) electrons. The molecule has 15 heavy (non-hydrogen) atoms. The molecule has 1 atom stereocenters. The van der Waals surface area contributed by atoms with Gasteiger partial charge in [0.25, 0.3) is 5.69 Å². The molecule has 0 aromatic heterocycles. The largest absolute Gasteiger partial charge is 0.479 e. The maximum absolute atomic E-state index is 12.9. The van der Waals surface area contributed by atoms with Crippen LogP contribution in [0.3, 0.4) is 0 Å². The number of halogens is 2. The van der Waals surface area contributed by atoms with E-state index in [1.807, 2.05) is 0 Å². The summed E-state index contributed by atoms with van der Waals surface area (Å²) < 4.78 is 25.8. The average Bonchev–Trinajstić information content (AvgIpc) is 2.16. The van der Waals surface area contributed by atoms with Crippen LogP contribution in [0.2, 0.25) is 0 Å². The summed E-state index contributed by atoms with van der Waals surface area (Å²) >= 11 is 0. The van der Waals surface area contributed by atoms with E-state index in [0.717, 1.165) is 6.07 Å². The summed E-state index contributed by atoms with van der Waals surface area (Å²) in [7, 11) is 0. The second kappa shape index (κ2) is 3.99. The number of hydrogen-bond donors (Lipinski definition) is 1.